The summed E-state index contributed by atoms with van der Waals surface area (Å²) in [5, 5.41) is 3.94. The Labute approximate surface area is 62.3 Å². The van der Waals surface area contributed by atoms with Crippen LogP contribution in [0.1, 0.15) is 13.8 Å². The van der Waals surface area contributed by atoms with E-state index in [0.717, 1.165) is 5.71 Å². The van der Waals surface area contributed by atoms with Crippen molar-refractivity contribution in [2.24, 2.45) is 5.10 Å². The highest BCUT2D eigenvalue weighted by molar-refractivity contribution is 5.92. The fraction of sp³-hybridized carbons (Fsp3) is 0.375. The van der Waals surface area contributed by atoms with Gasteiger partial charge >= 0.3 is 0 Å². The molecule has 0 aromatic heterocycles. The summed E-state index contributed by atoms with van der Waals surface area (Å²) in [7, 11) is 1.78. The Hall–Kier alpha value is -1.05. The second-order valence-electron chi connectivity index (χ2n) is 1.86. The Morgan fingerprint density at radius 2 is 2.10 bits per heavy atom. The summed E-state index contributed by atoms with van der Waals surface area (Å²) >= 11 is 0. The first-order chi connectivity index (χ1) is 4.81. The van der Waals surface area contributed by atoms with Crippen molar-refractivity contribution in [2.45, 2.75) is 13.8 Å². The van der Waals surface area contributed by atoms with Crippen LogP contribution in [0, 0.1) is 0 Å². The van der Waals surface area contributed by atoms with Crippen LogP contribution in [0.5, 0.6) is 0 Å². The molecule has 0 aliphatic rings. The van der Waals surface area contributed by atoms with Crippen molar-refractivity contribution < 1.29 is 0 Å². The van der Waals surface area contributed by atoms with Gasteiger partial charge in [0.15, 0.2) is 0 Å². The first-order valence-corrected chi connectivity index (χ1v) is 3.31. The van der Waals surface area contributed by atoms with Crippen molar-refractivity contribution in [2.75, 3.05) is 7.05 Å². The topological polar surface area (TPSA) is 24.4 Å². The van der Waals surface area contributed by atoms with Crippen molar-refractivity contribution in [1.29, 1.82) is 0 Å². The maximum atomic E-state index is 3.94. The summed E-state index contributed by atoms with van der Waals surface area (Å²) in [5.74, 6) is 0. The summed E-state index contributed by atoms with van der Waals surface area (Å²) in [6.07, 6.45) is 7.84. The molecule has 2 nitrogen and oxygen atoms in total. The lowest BCUT2D eigenvalue weighted by molar-refractivity contribution is 0.901. The highest BCUT2D eigenvalue weighted by Crippen LogP contribution is 1.80. The molecule has 0 aromatic carbocycles. The number of allylic oxidation sites excluding steroid dienone is 4. The molecule has 0 unspecified atom stereocenters. The van der Waals surface area contributed by atoms with Crippen LogP contribution in [0.25, 0.3) is 0 Å². The van der Waals surface area contributed by atoms with Crippen molar-refractivity contribution in [1.82, 2.24) is 5.43 Å². The average molecular weight is 138 g/mol. The fourth-order valence-electron chi connectivity index (χ4n) is 0.520. The minimum absolute atomic E-state index is 0.973. The van der Waals surface area contributed by atoms with E-state index in [1.165, 1.54) is 0 Å². The van der Waals surface area contributed by atoms with E-state index in [1.54, 1.807) is 7.05 Å². The highest BCUT2D eigenvalue weighted by atomic mass is 15.3. The Morgan fingerprint density at radius 3 is 2.60 bits per heavy atom. The van der Waals surface area contributed by atoms with Crippen LogP contribution in [0.4, 0.5) is 0 Å². The molecule has 0 aliphatic heterocycles. The van der Waals surface area contributed by atoms with Gasteiger partial charge in [0.05, 0.1) is 5.71 Å². The molecule has 0 bridgehead atoms. The van der Waals surface area contributed by atoms with Gasteiger partial charge in [-0.15, -0.1) is 0 Å². The van der Waals surface area contributed by atoms with Gasteiger partial charge in [-0.05, 0) is 19.9 Å². The maximum absolute atomic E-state index is 3.94. The summed E-state index contributed by atoms with van der Waals surface area (Å²) in [6, 6.07) is 0. The highest BCUT2D eigenvalue weighted by Gasteiger charge is 1.76. The predicted molar refractivity (Wildman–Crippen MR) is 46.1 cm³/mol. The average Bonchev–Trinajstić information content (AvgIpc) is 1.89. The maximum Gasteiger partial charge on any atom is 0.0571 e. The molecule has 0 amide bonds. The minimum atomic E-state index is 0.973. The first kappa shape index (κ1) is 8.95. The lowest BCUT2D eigenvalue weighted by Crippen LogP contribution is -1.98. The SMILES string of the molecule is C\C=C/C=C\C(C)=N\NC. The number of hydrogen-bond donors (Lipinski definition) is 1. The van der Waals surface area contributed by atoms with Gasteiger partial charge in [0.25, 0.3) is 0 Å². The molecule has 0 saturated carbocycles. The van der Waals surface area contributed by atoms with E-state index in [9.17, 15) is 0 Å². The monoisotopic (exact) mass is 138 g/mol. The summed E-state index contributed by atoms with van der Waals surface area (Å²) in [4.78, 5) is 0. The smallest absolute Gasteiger partial charge is 0.0571 e. The molecule has 0 heterocycles. The molecule has 56 valence electrons. The van der Waals surface area contributed by atoms with Gasteiger partial charge in [-0.25, -0.2) is 0 Å². The molecule has 10 heavy (non-hydrogen) atoms. The van der Waals surface area contributed by atoms with E-state index in [4.69, 9.17) is 0 Å². The van der Waals surface area contributed by atoms with Gasteiger partial charge in [-0.2, -0.15) is 5.10 Å². The number of rotatable bonds is 3. The zero-order valence-electron chi connectivity index (χ0n) is 6.76. The molecule has 0 radical (unpaired) electrons. The van der Waals surface area contributed by atoms with E-state index >= 15 is 0 Å². The van der Waals surface area contributed by atoms with Crippen LogP contribution < -0.4 is 5.43 Å². The van der Waals surface area contributed by atoms with Gasteiger partial charge in [0, 0.05) is 7.05 Å². The van der Waals surface area contributed by atoms with Crippen LogP contribution >= 0.6 is 0 Å². The molecular formula is C8H14N2. The molecule has 0 rings (SSSR count). The molecule has 0 saturated heterocycles. The van der Waals surface area contributed by atoms with E-state index in [1.807, 2.05) is 38.2 Å². The van der Waals surface area contributed by atoms with Crippen LogP contribution in [-0.2, 0) is 0 Å². The minimum Gasteiger partial charge on any atom is -0.313 e. The molecule has 0 spiro atoms. The van der Waals surface area contributed by atoms with Crippen LogP contribution in [0.2, 0.25) is 0 Å². The summed E-state index contributed by atoms with van der Waals surface area (Å²) in [6.45, 7) is 3.92. The number of nitrogens with zero attached hydrogens (tertiary/aromatic N) is 1. The molecular weight excluding hydrogens is 124 g/mol. The third kappa shape index (κ3) is 5.09. The van der Waals surface area contributed by atoms with Crippen LogP contribution in [0.3, 0.4) is 0 Å². The molecule has 0 fully saturated rings. The standard InChI is InChI=1S/C8H14N2/c1-4-5-6-7-8(2)10-9-3/h4-7,9H,1-3H3/b5-4-,7-6-,10-8+. The first-order valence-electron chi connectivity index (χ1n) is 3.31. The third-order valence-corrected chi connectivity index (χ3v) is 0.929. The quantitative estimate of drug-likeness (QED) is 0.358. The fourth-order valence-corrected chi connectivity index (χ4v) is 0.520. The lowest BCUT2D eigenvalue weighted by atomic mass is 10.3. The molecule has 0 atom stereocenters. The van der Waals surface area contributed by atoms with E-state index < -0.39 is 0 Å². The summed E-state index contributed by atoms with van der Waals surface area (Å²) < 4.78 is 0. The van der Waals surface area contributed by atoms with Crippen molar-refractivity contribution in [3.63, 3.8) is 0 Å². The van der Waals surface area contributed by atoms with Crippen molar-refractivity contribution in [3.8, 4) is 0 Å². The van der Waals surface area contributed by atoms with Gasteiger partial charge in [0.2, 0.25) is 0 Å². The van der Waals surface area contributed by atoms with Gasteiger partial charge in [-0.1, -0.05) is 18.2 Å². The van der Waals surface area contributed by atoms with Gasteiger partial charge in [0.1, 0.15) is 0 Å². The van der Waals surface area contributed by atoms with Crippen LogP contribution in [-0.4, -0.2) is 12.8 Å². The molecule has 2 heteroatoms. The van der Waals surface area contributed by atoms with Gasteiger partial charge in [-0.3, -0.25) is 0 Å². The second-order valence-corrected chi connectivity index (χ2v) is 1.86. The zero-order valence-corrected chi connectivity index (χ0v) is 6.76. The normalized spacial score (nSPS) is 13.3. The van der Waals surface area contributed by atoms with E-state index in [0.29, 0.717) is 0 Å². The third-order valence-electron chi connectivity index (χ3n) is 0.929. The van der Waals surface area contributed by atoms with Crippen molar-refractivity contribution >= 4 is 5.71 Å². The lowest BCUT2D eigenvalue weighted by Gasteiger charge is -1.88. The Bertz CT molecular complexity index is 155. The Balaban J connectivity index is 3.76. The zero-order chi connectivity index (χ0) is 7.82. The van der Waals surface area contributed by atoms with Crippen molar-refractivity contribution in [3.05, 3.63) is 24.3 Å². The van der Waals surface area contributed by atoms with Crippen LogP contribution in [0.15, 0.2) is 29.4 Å². The molecule has 0 aliphatic carbocycles. The Morgan fingerprint density at radius 1 is 1.40 bits per heavy atom. The van der Waals surface area contributed by atoms with E-state index in [-0.39, 0.29) is 0 Å². The predicted octanol–water partition coefficient (Wildman–Crippen LogP) is 1.71. The molecule has 1 N–H and O–H groups in total. The largest absolute Gasteiger partial charge is 0.313 e. The van der Waals surface area contributed by atoms with E-state index in [2.05, 4.69) is 10.5 Å². The molecule has 0 aromatic rings. The summed E-state index contributed by atoms with van der Waals surface area (Å²) in [5.41, 5.74) is 3.68. The second kappa shape index (κ2) is 6.08. The number of hydrazone groups is 1. The number of hydrogen-bond acceptors (Lipinski definition) is 2. The number of nitrogens with one attached hydrogen (secondary N) is 1. The Kier molecular flexibility index (Phi) is 5.44. The van der Waals surface area contributed by atoms with Gasteiger partial charge < -0.3 is 5.43 Å².